The Morgan fingerprint density at radius 3 is 1.32 bits per heavy atom. The maximum Gasteiger partial charge on any atom is 0.264 e. The highest BCUT2D eigenvalue weighted by Crippen LogP contribution is 2.52. The molecule has 10 aliphatic rings. The van der Waals surface area contributed by atoms with Crippen LogP contribution in [0.3, 0.4) is 0 Å². The third kappa shape index (κ3) is 16.5. The number of nitrogens with one attached hydrogen (secondary N) is 2. The van der Waals surface area contributed by atoms with Crippen LogP contribution < -0.4 is 28.7 Å². The van der Waals surface area contributed by atoms with E-state index in [2.05, 4.69) is 115 Å². The monoisotopic (exact) mass is 1530 g/mol. The van der Waals surface area contributed by atoms with Gasteiger partial charge in [0.15, 0.2) is 0 Å². The lowest BCUT2D eigenvalue weighted by Gasteiger charge is -2.51. The van der Waals surface area contributed by atoms with Gasteiger partial charge in [-0.1, -0.05) is 73.5 Å². The first-order valence-corrected chi connectivity index (χ1v) is 43.6. The van der Waals surface area contributed by atoms with Crippen LogP contribution in [-0.2, 0) is 53.2 Å². The lowest BCUT2D eigenvalue weighted by Crippen LogP contribution is -2.57. The molecule has 0 aromatic heterocycles. The Bertz CT molecular complexity index is 3870. The molecule has 22 heteroatoms. The van der Waals surface area contributed by atoms with E-state index < -0.39 is 53.6 Å². The molecule has 4 aliphatic carbocycles. The lowest BCUT2D eigenvalue weighted by molar-refractivity contribution is -0.0912. The summed E-state index contributed by atoms with van der Waals surface area (Å²) in [5, 5.41) is -0.0445. The number of hydrogen-bond acceptors (Lipinski definition) is 16. The van der Waals surface area contributed by atoms with Crippen LogP contribution in [0.2, 0.25) is 10.0 Å². The number of hydrogen-bond donors (Lipinski definition) is 2. The van der Waals surface area contributed by atoms with Crippen molar-refractivity contribution in [3.63, 3.8) is 0 Å². The number of fused-ring (bicyclic) bond motifs is 8. The SMILES string of the molecule is CO[C@@]1(CN2CCCN(C(C)C)CC2)/C=C/C[C@H](C)[C@@H](C)S(=O)(=O)NC(=O)c2ccc3c(c2)N(C[C@@H]2CC[C@H]21)C[C@@]1(CCCc2cc(Cl)ccc21)CO3.CO[C@]1(CN2CCCN(C(C)C)CC2)/C=C/C[C@H](C)[C@@H](C)S(=O)(=O)NC(=O)c2ccc3c(c2)N(C[C@@H]2CC[C@H]21)C[C@@]1(CCCc2cc(Cl)ccc21)CO3. The van der Waals surface area contributed by atoms with E-state index in [1.165, 1.54) is 22.3 Å². The van der Waals surface area contributed by atoms with Crippen molar-refractivity contribution in [3.8, 4) is 11.5 Å². The van der Waals surface area contributed by atoms with Gasteiger partial charge in [0.25, 0.3) is 11.8 Å². The highest BCUT2D eigenvalue weighted by atomic mass is 35.5. The molecule has 580 valence electrons. The average molecular weight is 1530 g/mol. The highest BCUT2D eigenvalue weighted by Gasteiger charge is 2.53. The van der Waals surface area contributed by atoms with Gasteiger partial charge in [-0.05, 0) is 276 Å². The second-order valence-corrected chi connectivity index (χ2v) is 38.8. The topological polar surface area (TPSA) is 183 Å². The van der Waals surface area contributed by atoms with E-state index in [1.54, 1.807) is 26.0 Å². The third-order valence-corrected chi connectivity index (χ3v) is 31.2. The molecule has 6 heterocycles. The van der Waals surface area contributed by atoms with Gasteiger partial charge in [0, 0.05) is 124 Å². The first-order valence-electron chi connectivity index (χ1n) is 39.8. The number of anilines is 2. The van der Waals surface area contributed by atoms with Crippen molar-refractivity contribution in [2.45, 2.75) is 190 Å². The number of methoxy groups -OCH3 is 2. The first-order chi connectivity index (χ1) is 50.7. The van der Waals surface area contributed by atoms with Crippen LogP contribution in [0.5, 0.6) is 11.5 Å². The average Bonchev–Trinajstić information content (AvgIpc) is 1.39. The molecule has 18 nitrogen and oxygen atoms in total. The van der Waals surface area contributed by atoms with E-state index in [9.17, 15) is 26.4 Å². The number of allylic oxidation sites excluding steroid dienone is 2. The van der Waals surface area contributed by atoms with Crippen molar-refractivity contribution in [3.05, 3.63) is 141 Å². The van der Waals surface area contributed by atoms with Crippen molar-refractivity contribution in [1.29, 1.82) is 0 Å². The Labute approximate surface area is 643 Å². The van der Waals surface area contributed by atoms with E-state index >= 15 is 0 Å². The largest absolute Gasteiger partial charge is 0.490 e. The van der Waals surface area contributed by atoms with E-state index in [-0.39, 0.29) is 34.5 Å². The van der Waals surface area contributed by atoms with Crippen LogP contribution in [-0.4, -0.2) is 201 Å². The minimum Gasteiger partial charge on any atom is -0.490 e. The molecule has 4 bridgehead atoms. The minimum absolute atomic E-state index is 0.214. The molecule has 4 aromatic rings. The fourth-order valence-corrected chi connectivity index (χ4v) is 22.6. The Morgan fingerprint density at radius 1 is 0.528 bits per heavy atom. The first kappa shape index (κ1) is 78.8. The smallest absolute Gasteiger partial charge is 0.264 e. The number of sulfonamides is 2. The lowest BCUT2D eigenvalue weighted by atomic mass is 9.63. The van der Waals surface area contributed by atoms with Gasteiger partial charge in [-0.2, -0.15) is 0 Å². The number of ether oxygens (including phenoxy) is 4. The standard InChI is InChI=1S/2C42H59ClN4O5S/c2*1-29(2)46-20-8-19-45(21-22-46)27-42(51-5)18-6-9-30(3)31(4)53(49,50)44-40(48)33-12-16-39-38(24-33)47(25-34-11-14-37(34)42)26-41(28-52-39)17-7-10-32-23-35(43)13-15-36(32)41/h2*6,12-13,15-16,18,23-24,29-31,34,37H,7-11,14,17,19-22,25-28H2,1-5H3,(H,44,48)/b2*18-6+/t30-,31+,34-,37+,41-,42+;30-,31+,34-,37+,41-,42-/m00/s1. The number of nitrogens with zero attached hydrogens (tertiary/aromatic N) is 6. The molecule has 2 amide bonds. The fraction of sp³-hybridized carbons (Fsp3) is 0.643. The van der Waals surface area contributed by atoms with Crippen LogP contribution in [0.25, 0.3) is 0 Å². The molecule has 4 aromatic carbocycles. The molecule has 0 radical (unpaired) electrons. The van der Waals surface area contributed by atoms with Crippen molar-refractivity contribution in [2.24, 2.45) is 35.5 Å². The summed E-state index contributed by atoms with van der Waals surface area (Å²) in [6.45, 7) is 30.4. The Hall–Kier alpha value is -5.26. The molecule has 2 saturated heterocycles. The summed E-state index contributed by atoms with van der Waals surface area (Å²) in [4.78, 5) is 42.5. The molecule has 2 spiro atoms. The number of rotatable bonds is 8. The molecule has 2 N–H and O–H groups in total. The number of aryl methyl sites for hydroxylation is 2. The minimum atomic E-state index is -3.95. The van der Waals surface area contributed by atoms with Gasteiger partial charge in [0.1, 0.15) is 22.7 Å². The summed E-state index contributed by atoms with van der Waals surface area (Å²) in [5.41, 5.74) is 5.86. The highest BCUT2D eigenvalue weighted by molar-refractivity contribution is 7.91. The normalized spacial score (nSPS) is 33.1. The number of carbonyl (C=O) groups excluding carboxylic acids is 2. The third-order valence-electron chi connectivity index (χ3n) is 26.9. The van der Waals surface area contributed by atoms with E-state index in [1.807, 2.05) is 64.5 Å². The van der Waals surface area contributed by atoms with Crippen LogP contribution in [0.1, 0.15) is 175 Å². The van der Waals surface area contributed by atoms with Crippen LogP contribution >= 0.6 is 23.2 Å². The zero-order chi connectivity index (χ0) is 75.1. The summed E-state index contributed by atoms with van der Waals surface area (Å²) >= 11 is 13.0. The maximum atomic E-state index is 13.7. The number of benzene rings is 4. The number of amides is 2. The zero-order valence-electron chi connectivity index (χ0n) is 64.6. The summed E-state index contributed by atoms with van der Waals surface area (Å²) in [7, 11) is -4.18. The molecule has 2 saturated carbocycles. The molecular formula is C84H118Cl2N8O10S2. The van der Waals surface area contributed by atoms with Gasteiger partial charge < -0.3 is 28.7 Å². The van der Waals surface area contributed by atoms with E-state index in [0.29, 0.717) is 61.1 Å². The van der Waals surface area contributed by atoms with Crippen LogP contribution in [0, 0.1) is 35.5 Å². The molecule has 12 atom stereocenters. The number of halogens is 2. The maximum absolute atomic E-state index is 13.7. The van der Waals surface area contributed by atoms with Gasteiger partial charge in [0.05, 0.1) is 35.1 Å². The molecule has 0 unspecified atom stereocenters. The van der Waals surface area contributed by atoms with Gasteiger partial charge in [-0.25, -0.2) is 26.3 Å². The summed E-state index contributed by atoms with van der Waals surface area (Å²) in [6.07, 6.45) is 22.5. The van der Waals surface area contributed by atoms with Gasteiger partial charge in [-0.15, -0.1) is 0 Å². The molecule has 6 aliphatic heterocycles. The Morgan fingerprint density at radius 2 is 0.943 bits per heavy atom. The fourth-order valence-electron chi connectivity index (χ4n) is 19.6. The number of carbonyl (C=O) groups is 2. The predicted octanol–water partition coefficient (Wildman–Crippen LogP) is 13.4. The second-order valence-electron chi connectivity index (χ2n) is 33.9. The van der Waals surface area contributed by atoms with Crippen molar-refractivity contribution < 1.29 is 45.4 Å². The zero-order valence-corrected chi connectivity index (χ0v) is 67.7. The van der Waals surface area contributed by atoms with Gasteiger partial charge >= 0.3 is 0 Å². The Kier molecular flexibility index (Phi) is 24.2. The molecule has 4 fully saturated rings. The summed E-state index contributed by atoms with van der Waals surface area (Å²) in [5.74, 6) is 1.02. The summed E-state index contributed by atoms with van der Waals surface area (Å²) in [6, 6.07) is 24.4. The predicted molar refractivity (Wildman–Crippen MR) is 425 cm³/mol. The molecular weight excluding hydrogens is 1420 g/mol. The van der Waals surface area contributed by atoms with Gasteiger partial charge in [0.2, 0.25) is 20.0 Å². The quantitative estimate of drug-likeness (QED) is 0.159. The van der Waals surface area contributed by atoms with Crippen molar-refractivity contribution in [1.82, 2.24) is 29.0 Å². The van der Waals surface area contributed by atoms with Crippen LogP contribution in [0.15, 0.2) is 97.1 Å². The Balaban J connectivity index is 0.000000188. The summed E-state index contributed by atoms with van der Waals surface area (Å²) < 4.78 is 86.2. The molecule has 14 rings (SSSR count). The van der Waals surface area contributed by atoms with E-state index in [0.717, 1.165) is 202 Å². The van der Waals surface area contributed by atoms with Crippen molar-refractivity contribution >= 4 is 66.4 Å². The molecule has 106 heavy (non-hydrogen) atoms. The second kappa shape index (κ2) is 32.6. The van der Waals surface area contributed by atoms with Crippen LogP contribution in [0.4, 0.5) is 11.4 Å². The van der Waals surface area contributed by atoms with Gasteiger partial charge in [-0.3, -0.25) is 29.2 Å². The van der Waals surface area contributed by atoms with E-state index in [4.69, 9.17) is 42.1 Å². The van der Waals surface area contributed by atoms with Crippen molar-refractivity contribution in [2.75, 3.05) is 129 Å².